The molecule has 0 saturated heterocycles. The van der Waals surface area contributed by atoms with Crippen LogP contribution in [0.5, 0.6) is 0 Å². The molecule has 0 spiro atoms. The predicted octanol–water partition coefficient (Wildman–Crippen LogP) is 2.07. The van der Waals surface area contributed by atoms with Crippen molar-refractivity contribution in [3.05, 3.63) is 48.5 Å². The zero-order valence-electron chi connectivity index (χ0n) is 12.5. The van der Waals surface area contributed by atoms with Gasteiger partial charge in [-0.3, -0.25) is 0 Å². The van der Waals surface area contributed by atoms with Gasteiger partial charge in [-0.25, -0.2) is 14.6 Å². The van der Waals surface area contributed by atoms with Crippen molar-refractivity contribution < 1.29 is 4.42 Å². The highest BCUT2D eigenvalue weighted by Gasteiger charge is 2.15. The molecule has 1 aromatic carbocycles. The normalized spacial score (nSPS) is 11.2. The molecule has 0 aliphatic rings. The van der Waals surface area contributed by atoms with Crippen molar-refractivity contribution in [1.29, 1.82) is 0 Å². The molecule has 3 heterocycles. The summed E-state index contributed by atoms with van der Waals surface area (Å²) < 4.78 is 6.67. The van der Waals surface area contributed by atoms with Crippen LogP contribution in [0.15, 0.2) is 52.2 Å². The van der Waals surface area contributed by atoms with Gasteiger partial charge in [0.1, 0.15) is 11.6 Å². The largest absolute Gasteiger partial charge is 0.461 e. The fourth-order valence-electron chi connectivity index (χ4n) is 2.29. The number of rotatable bonds is 4. The maximum atomic E-state index is 6.02. The first-order chi connectivity index (χ1) is 11.7. The molecule has 0 amide bonds. The minimum absolute atomic E-state index is 0.460. The highest BCUT2D eigenvalue weighted by molar-refractivity contribution is 7.98. The number of nitrogens with two attached hydrogens (primary N) is 2. The lowest BCUT2D eigenvalue weighted by molar-refractivity contribution is 0.574. The minimum atomic E-state index is 0.460. The van der Waals surface area contributed by atoms with E-state index in [4.69, 9.17) is 16.0 Å². The summed E-state index contributed by atoms with van der Waals surface area (Å²) in [5, 5.41) is 9.50. The molecule has 4 rings (SSSR count). The average Bonchev–Trinajstić information content (AvgIpc) is 3.23. The lowest BCUT2D eigenvalue weighted by Gasteiger charge is -2.05. The maximum Gasteiger partial charge on any atom is 0.218 e. The number of hydrogen-bond donors (Lipinski definition) is 2. The van der Waals surface area contributed by atoms with Gasteiger partial charge in [-0.15, -0.1) is 10.2 Å². The molecule has 4 aromatic rings. The van der Waals surface area contributed by atoms with Crippen molar-refractivity contribution in [3.63, 3.8) is 0 Å². The van der Waals surface area contributed by atoms with E-state index in [0.29, 0.717) is 34.1 Å². The number of benzene rings is 1. The SMILES string of the molecule is Nc1nc(CSc2nnc(-c3ccco3)n2N)nc2ccccc12. The van der Waals surface area contributed by atoms with Crippen LogP contribution < -0.4 is 11.6 Å². The molecular formula is C15H13N7OS. The lowest BCUT2D eigenvalue weighted by atomic mass is 10.2. The van der Waals surface area contributed by atoms with Crippen molar-refractivity contribution >= 4 is 28.5 Å². The standard InChI is InChI=1S/C15H13N7OS/c16-13-9-4-1-2-5-10(9)18-12(19-13)8-24-15-21-20-14(22(15)17)11-6-3-7-23-11/h1-7H,8,17H2,(H2,16,18,19). The van der Waals surface area contributed by atoms with Crippen molar-refractivity contribution in [1.82, 2.24) is 24.8 Å². The third-order valence-electron chi connectivity index (χ3n) is 3.42. The van der Waals surface area contributed by atoms with Crippen LogP contribution in [-0.4, -0.2) is 24.8 Å². The van der Waals surface area contributed by atoms with Crippen LogP contribution in [0.3, 0.4) is 0 Å². The van der Waals surface area contributed by atoms with Crippen LogP contribution >= 0.6 is 11.8 Å². The molecule has 0 aliphatic carbocycles. The topological polar surface area (TPSA) is 122 Å². The second kappa shape index (κ2) is 5.85. The van der Waals surface area contributed by atoms with E-state index in [9.17, 15) is 0 Å². The van der Waals surface area contributed by atoms with Gasteiger partial charge in [0.05, 0.1) is 17.5 Å². The lowest BCUT2D eigenvalue weighted by Crippen LogP contribution is -2.11. The molecular weight excluding hydrogens is 326 g/mol. The molecule has 0 unspecified atom stereocenters. The zero-order chi connectivity index (χ0) is 16.5. The summed E-state index contributed by atoms with van der Waals surface area (Å²) in [4.78, 5) is 8.84. The first-order valence-corrected chi connectivity index (χ1v) is 8.09. The van der Waals surface area contributed by atoms with Crippen molar-refractivity contribution in [2.24, 2.45) is 0 Å². The molecule has 120 valence electrons. The van der Waals surface area contributed by atoms with E-state index in [0.717, 1.165) is 10.9 Å². The third kappa shape index (κ3) is 2.54. The Balaban J connectivity index is 1.57. The monoisotopic (exact) mass is 339 g/mol. The van der Waals surface area contributed by atoms with E-state index in [1.54, 1.807) is 18.4 Å². The maximum absolute atomic E-state index is 6.02. The number of hydrogen-bond acceptors (Lipinski definition) is 8. The quantitative estimate of drug-likeness (QED) is 0.428. The van der Waals surface area contributed by atoms with Gasteiger partial charge >= 0.3 is 0 Å². The van der Waals surface area contributed by atoms with E-state index in [-0.39, 0.29) is 0 Å². The van der Waals surface area contributed by atoms with Crippen LogP contribution in [-0.2, 0) is 5.75 Å². The molecule has 24 heavy (non-hydrogen) atoms. The van der Waals surface area contributed by atoms with Gasteiger partial charge in [0, 0.05) is 5.39 Å². The van der Waals surface area contributed by atoms with Crippen molar-refractivity contribution in [2.75, 3.05) is 11.6 Å². The number of para-hydroxylation sites is 1. The van der Waals surface area contributed by atoms with Gasteiger partial charge < -0.3 is 16.0 Å². The Hall–Kier alpha value is -3.07. The Labute approximate surface area is 140 Å². The number of fused-ring (bicyclic) bond motifs is 1. The average molecular weight is 339 g/mol. The summed E-state index contributed by atoms with van der Waals surface area (Å²) in [6, 6.07) is 11.2. The van der Waals surface area contributed by atoms with E-state index in [1.807, 2.05) is 24.3 Å². The fraction of sp³-hybridized carbons (Fsp3) is 0.0667. The van der Waals surface area contributed by atoms with Crippen molar-refractivity contribution in [2.45, 2.75) is 10.9 Å². The molecule has 8 nitrogen and oxygen atoms in total. The molecule has 0 aliphatic heterocycles. The molecule has 0 atom stereocenters. The van der Waals surface area contributed by atoms with Crippen LogP contribution in [0.1, 0.15) is 5.82 Å². The molecule has 4 N–H and O–H groups in total. The van der Waals surface area contributed by atoms with Crippen LogP contribution in [0.4, 0.5) is 5.82 Å². The first-order valence-electron chi connectivity index (χ1n) is 7.10. The Morgan fingerprint density at radius 3 is 2.79 bits per heavy atom. The molecule has 9 heteroatoms. The minimum Gasteiger partial charge on any atom is -0.461 e. The summed E-state index contributed by atoms with van der Waals surface area (Å²) in [6.45, 7) is 0. The summed E-state index contributed by atoms with van der Waals surface area (Å²) in [7, 11) is 0. The fourth-order valence-corrected chi connectivity index (χ4v) is 3.01. The van der Waals surface area contributed by atoms with E-state index < -0.39 is 0 Å². The van der Waals surface area contributed by atoms with Gasteiger partial charge in [0.15, 0.2) is 5.76 Å². The van der Waals surface area contributed by atoms with E-state index in [1.165, 1.54) is 16.4 Å². The van der Waals surface area contributed by atoms with Gasteiger partial charge in [-0.2, -0.15) is 0 Å². The molecule has 0 fully saturated rings. The van der Waals surface area contributed by atoms with Gasteiger partial charge in [0.25, 0.3) is 0 Å². The van der Waals surface area contributed by atoms with Gasteiger partial charge in [0.2, 0.25) is 11.0 Å². The van der Waals surface area contributed by atoms with Crippen LogP contribution in [0.25, 0.3) is 22.5 Å². The predicted molar refractivity (Wildman–Crippen MR) is 91.4 cm³/mol. The smallest absolute Gasteiger partial charge is 0.218 e. The number of thioether (sulfide) groups is 1. The summed E-state index contributed by atoms with van der Waals surface area (Å²) in [5.74, 6) is 8.59. The molecule has 0 bridgehead atoms. The second-order valence-corrected chi connectivity index (χ2v) is 5.93. The molecule has 0 saturated carbocycles. The summed E-state index contributed by atoms with van der Waals surface area (Å²) in [5.41, 5.74) is 6.80. The van der Waals surface area contributed by atoms with E-state index in [2.05, 4.69) is 20.2 Å². The Bertz CT molecular complexity index is 996. The molecule has 0 radical (unpaired) electrons. The number of nitrogens with zero attached hydrogens (tertiary/aromatic N) is 5. The molecule has 3 aromatic heterocycles. The number of aromatic nitrogens is 5. The first kappa shape index (κ1) is 14.5. The zero-order valence-corrected chi connectivity index (χ0v) is 13.3. The van der Waals surface area contributed by atoms with Crippen LogP contribution in [0.2, 0.25) is 0 Å². The van der Waals surface area contributed by atoms with Crippen molar-refractivity contribution in [3.8, 4) is 11.6 Å². The third-order valence-corrected chi connectivity index (χ3v) is 4.35. The summed E-state index contributed by atoms with van der Waals surface area (Å²) >= 11 is 1.38. The number of furan rings is 1. The van der Waals surface area contributed by atoms with Gasteiger partial charge in [-0.05, 0) is 24.3 Å². The highest BCUT2D eigenvalue weighted by atomic mass is 32.2. The Morgan fingerprint density at radius 2 is 1.96 bits per heavy atom. The second-order valence-electron chi connectivity index (χ2n) is 4.98. The van der Waals surface area contributed by atoms with Gasteiger partial charge in [-0.1, -0.05) is 23.9 Å². The Morgan fingerprint density at radius 1 is 1.08 bits per heavy atom. The van der Waals surface area contributed by atoms with E-state index >= 15 is 0 Å². The Kier molecular flexibility index (Phi) is 3.54. The highest BCUT2D eigenvalue weighted by Crippen LogP contribution is 2.25. The summed E-state index contributed by atoms with van der Waals surface area (Å²) in [6.07, 6.45) is 1.56. The number of anilines is 1. The van der Waals surface area contributed by atoms with Crippen LogP contribution in [0, 0.1) is 0 Å². The number of nitrogen functional groups attached to an aromatic ring is 2.